The van der Waals surface area contributed by atoms with E-state index in [1.165, 1.54) is 22.3 Å². The van der Waals surface area contributed by atoms with Crippen molar-refractivity contribution < 1.29 is 19.0 Å². The highest BCUT2D eigenvalue weighted by molar-refractivity contribution is 7.96. The first-order valence-electron chi connectivity index (χ1n) is 8.30. The summed E-state index contributed by atoms with van der Waals surface area (Å²) in [5.74, 6) is 0.0532. The summed E-state index contributed by atoms with van der Waals surface area (Å²) in [5, 5.41) is 0. The Balaban J connectivity index is 1.53. The lowest BCUT2D eigenvalue weighted by Crippen LogP contribution is -2.30. The fourth-order valence-electron chi connectivity index (χ4n) is 3.08. The molecule has 0 radical (unpaired) electrons. The second-order valence-corrected chi connectivity index (χ2v) is 6.48. The quantitative estimate of drug-likeness (QED) is 0.420. The third kappa shape index (κ3) is 4.19. The summed E-state index contributed by atoms with van der Waals surface area (Å²) in [6, 6.07) is 16.5. The standard InChI is InChI=1S/C19H22N2O4S/c1-23-18(24-2)11-20-26-21-19(22)25-12-17-15-9-5-3-7-13(15)14-8-4-6-10-16(14)17/h3-10,17-18,20H,11-12H2,1-2H3,(H,21,22). The van der Waals surface area contributed by atoms with E-state index in [9.17, 15) is 4.79 Å². The highest BCUT2D eigenvalue weighted by Gasteiger charge is 2.28. The van der Waals surface area contributed by atoms with Crippen molar-refractivity contribution in [3.63, 3.8) is 0 Å². The second kappa shape index (κ2) is 9.05. The van der Waals surface area contributed by atoms with Gasteiger partial charge in [0.1, 0.15) is 6.61 Å². The van der Waals surface area contributed by atoms with Crippen LogP contribution in [0, 0.1) is 0 Å². The summed E-state index contributed by atoms with van der Waals surface area (Å²) in [6.07, 6.45) is -0.859. The molecule has 1 aliphatic rings. The molecule has 1 amide bonds. The van der Waals surface area contributed by atoms with Crippen molar-refractivity contribution in [1.82, 2.24) is 9.44 Å². The van der Waals surface area contributed by atoms with Gasteiger partial charge in [-0.05, 0) is 22.3 Å². The van der Waals surface area contributed by atoms with Crippen molar-refractivity contribution in [1.29, 1.82) is 0 Å². The monoisotopic (exact) mass is 374 g/mol. The molecule has 26 heavy (non-hydrogen) atoms. The number of nitrogens with one attached hydrogen (secondary N) is 2. The molecule has 0 saturated heterocycles. The van der Waals surface area contributed by atoms with E-state index >= 15 is 0 Å². The van der Waals surface area contributed by atoms with Gasteiger partial charge < -0.3 is 14.2 Å². The van der Waals surface area contributed by atoms with E-state index in [0.29, 0.717) is 13.2 Å². The van der Waals surface area contributed by atoms with Crippen molar-refractivity contribution in [2.75, 3.05) is 27.4 Å². The molecule has 7 heteroatoms. The minimum Gasteiger partial charge on any atom is -0.448 e. The largest absolute Gasteiger partial charge is 0.448 e. The average molecular weight is 374 g/mol. The lowest BCUT2D eigenvalue weighted by molar-refractivity contribution is -0.0958. The Hall–Kier alpha value is -2.06. The Bertz CT molecular complexity index is 706. The van der Waals surface area contributed by atoms with Gasteiger partial charge in [0, 0.05) is 32.3 Å². The van der Waals surface area contributed by atoms with E-state index in [-0.39, 0.29) is 12.2 Å². The molecular formula is C19H22N2O4S. The lowest BCUT2D eigenvalue weighted by Gasteiger charge is -2.15. The van der Waals surface area contributed by atoms with Gasteiger partial charge in [-0.2, -0.15) is 0 Å². The molecule has 0 bridgehead atoms. The number of hydrogen-bond donors (Lipinski definition) is 2. The predicted molar refractivity (Wildman–Crippen MR) is 102 cm³/mol. The van der Waals surface area contributed by atoms with Crippen LogP contribution in [0.3, 0.4) is 0 Å². The van der Waals surface area contributed by atoms with Crippen LogP contribution in [0.25, 0.3) is 11.1 Å². The van der Waals surface area contributed by atoms with Gasteiger partial charge in [-0.25, -0.2) is 9.52 Å². The van der Waals surface area contributed by atoms with Crippen LogP contribution in [0.15, 0.2) is 48.5 Å². The number of rotatable bonds is 8. The van der Waals surface area contributed by atoms with Crippen LogP contribution >= 0.6 is 12.1 Å². The molecule has 0 atom stereocenters. The third-order valence-corrected chi connectivity index (χ3v) is 4.91. The maximum atomic E-state index is 12.0. The highest BCUT2D eigenvalue weighted by atomic mass is 32.2. The maximum Gasteiger partial charge on any atom is 0.418 e. The summed E-state index contributed by atoms with van der Waals surface area (Å²) in [4.78, 5) is 12.0. The first-order chi connectivity index (χ1) is 12.7. The summed E-state index contributed by atoms with van der Waals surface area (Å²) in [5.41, 5.74) is 4.79. The van der Waals surface area contributed by atoms with Crippen molar-refractivity contribution in [3.05, 3.63) is 59.7 Å². The fraction of sp³-hybridized carbons (Fsp3) is 0.316. The van der Waals surface area contributed by atoms with Crippen LogP contribution in [-0.2, 0) is 14.2 Å². The van der Waals surface area contributed by atoms with Gasteiger partial charge in [0.25, 0.3) is 0 Å². The third-order valence-electron chi connectivity index (χ3n) is 4.33. The minimum atomic E-state index is -0.490. The molecule has 0 saturated carbocycles. The number of methoxy groups -OCH3 is 2. The van der Waals surface area contributed by atoms with Gasteiger partial charge in [-0.1, -0.05) is 48.5 Å². The number of amides is 1. The van der Waals surface area contributed by atoms with Crippen LogP contribution in [-0.4, -0.2) is 39.8 Å². The summed E-state index contributed by atoms with van der Waals surface area (Å²) < 4.78 is 21.0. The van der Waals surface area contributed by atoms with E-state index in [2.05, 4.69) is 33.7 Å². The zero-order valence-corrected chi connectivity index (χ0v) is 15.5. The normalized spacial score (nSPS) is 12.7. The SMILES string of the molecule is COC(CNSNC(=O)OCC1c2ccccc2-c2ccccc21)OC. The number of carbonyl (C=O) groups excluding carboxylic acids is 1. The topological polar surface area (TPSA) is 68.8 Å². The van der Waals surface area contributed by atoms with E-state index in [1.807, 2.05) is 24.3 Å². The first-order valence-corrected chi connectivity index (χ1v) is 9.11. The summed E-state index contributed by atoms with van der Waals surface area (Å²) >= 11 is 1.04. The average Bonchev–Trinajstić information content (AvgIpc) is 3.00. The van der Waals surface area contributed by atoms with Crippen molar-refractivity contribution in [3.8, 4) is 11.1 Å². The predicted octanol–water partition coefficient (Wildman–Crippen LogP) is 3.30. The molecule has 138 valence electrons. The van der Waals surface area contributed by atoms with E-state index in [1.54, 1.807) is 14.2 Å². The van der Waals surface area contributed by atoms with E-state index < -0.39 is 6.09 Å². The Morgan fingerprint density at radius 3 is 2.19 bits per heavy atom. The molecule has 2 aromatic rings. The van der Waals surface area contributed by atoms with Gasteiger partial charge in [0.15, 0.2) is 6.29 Å². The number of hydrogen-bond acceptors (Lipinski definition) is 6. The lowest BCUT2D eigenvalue weighted by atomic mass is 9.98. The molecule has 6 nitrogen and oxygen atoms in total. The van der Waals surface area contributed by atoms with E-state index in [4.69, 9.17) is 14.2 Å². The molecule has 0 fully saturated rings. The molecular weight excluding hydrogens is 352 g/mol. The van der Waals surface area contributed by atoms with Crippen LogP contribution in [0.2, 0.25) is 0 Å². The molecule has 0 heterocycles. The molecule has 0 aliphatic heterocycles. The van der Waals surface area contributed by atoms with Gasteiger partial charge >= 0.3 is 6.09 Å². The highest BCUT2D eigenvalue weighted by Crippen LogP contribution is 2.44. The number of fused-ring (bicyclic) bond motifs is 3. The zero-order valence-electron chi connectivity index (χ0n) is 14.7. The zero-order chi connectivity index (χ0) is 18.4. The summed E-state index contributed by atoms with van der Waals surface area (Å²) in [7, 11) is 3.11. The molecule has 2 aromatic carbocycles. The van der Waals surface area contributed by atoms with Gasteiger partial charge in [-0.3, -0.25) is 4.72 Å². The van der Waals surface area contributed by atoms with E-state index in [0.717, 1.165) is 12.1 Å². The Morgan fingerprint density at radius 2 is 1.62 bits per heavy atom. The van der Waals surface area contributed by atoms with Crippen LogP contribution < -0.4 is 9.44 Å². The molecule has 0 unspecified atom stereocenters. The number of carbonyl (C=O) groups is 1. The van der Waals surface area contributed by atoms with Gasteiger partial charge in [0.05, 0.1) is 6.54 Å². The fourth-order valence-corrected chi connectivity index (χ4v) is 3.51. The van der Waals surface area contributed by atoms with Crippen molar-refractivity contribution in [2.45, 2.75) is 12.2 Å². The number of benzene rings is 2. The molecule has 0 aromatic heterocycles. The Labute approximate surface area is 157 Å². The molecule has 0 spiro atoms. The van der Waals surface area contributed by atoms with Gasteiger partial charge in [-0.15, -0.1) is 0 Å². The smallest absolute Gasteiger partial charge is 0.418 e. The van der Waals surface area contributed by atoms with Gasteiger partial charge in [0.2, 0.25) is 0 Å². The van der Waals surface area contributed by atoms with Crippen molar-refractivity contribution >= 4 is 18.2 Å². The van der Waals surface area contributed by atoms with Crippen molar-refractivity contribution in [2.24, 2.45) is 0 Å². The maximum absolute atomic E-state index is 12.0. The Morgan fingerprint density at radius 1 is 1.04 bits per heavy atom. The molecule has 3 rings (SSSR count). The molecule has 1 aliphatic carbocycles. The Kier molecular flexibility index (Phi) is 6.51. The second-order valence-electron chi connectivity index (χ2n) is 5.78. The number of ether oxygens (including phenoxy) is 3. The summed E-state index contributed by atoms with van der Waals surface area (Å²) in [6.45, 7) is 0.723. The van der Waals surface area contributed by atoms with Crippen LogP contribution in [0.1, 0.15) is 17.0 Å². The van der Waals surface area contributed by atoms with Crippen LogP contribution in [0.5, 0.6) is 0 Å². The van der Waals surface area contributed by atoms with Crippen LogP contribution in [0.4, 0.5) is 4.79 Å². The first kappa shape index (κ1) is 18.7. The minimum absolute atomic E-state index is 0.0532. The molecule has 2 N–H and O–H groups in total.